The monoisotopic (exact) mass is 487 g/mol. The number of aromatic nitrogens is 2. The second-order valence-corrected chi connectivity index (χ2v) is 9.81. The van der Waals surface area contributed by atoms with Crippen molar-refractivity contribution in [2.75, 3.05) is 4.90 Å². The Morgan fingerprint density at radius 1 is 1.09 bits per heavy atom. The van der Waals surface area contributed by atoms with Crippen molar-refractivity contribution in [3.05, 3.63) is 98.2 Å². The van der Waals surface area contributed by atoms with Crippen LogP contribution in [0.5, 0.6) is 0 Å². The standard InChI is InChI=1S/C27H25N3O4S/c1-17-5-7-20(8-6-17)30-24(31)10-9-21(26(30)22-4-3-13-35-22)27(33)34-16-19-15-25(32)29-12-11-18(2)14-23(29)28-19/h3-8,11-15,21,26H,9-10,16H2,1-2H3. The van der Waals surface area contributed by atoms with Gasteiger partial charge in [-0.15, -0.1) is 11.3 Å². The molecule has 1 amide bonds. The molecule has 4 heterocycles. The zero-order valence-electron chi connectivity index (χ0n) is 19.5. The molecule has 1 aliphatic heterocycles. The summed E-state index contributed by atoms with van der Waals surface area (Å²) in [5.41, 5.74) is 3.50. The summed E-state index contributed by atoms with van der Waals surface area (Å²) in [7, 11) is 0. The van der Waals surface area contributed by atoms with E-state index in [2.05, 4.69) is 4.98 Å². The molecule has 178 valence electrons. The number of carbonyl (C=O) groups excluding carboxylic acids is 2. The van der Waals surface area contributed by atoms with Crippen molar-refractivity contribution >= 4 is 34.5 Å². The molecular weight excluding hydrogens is 462 g/mol. The lowest BCUT2D eigenvalue weighted by Gasteiger charge is -2.39. The Hall–Kier alpha value is -3.78. The first-order valence-corrected chi connectivity index (χ1v) is 12.4. The van der Waals surface area contributed by atoms with Crippen LogP contribution in [0, 0.1) is 19.8 Å². The first-order valence-electron chi connectivity index (χ1n) is 11.5. The molecular formula is C27H25N3O4S. The summed E-state index contributed by atoms with van der Waals surface area (Å²) in [6.07, 6.45) is 2.33. The molecule has 1 fully saturated rings. The van der Waals surface area contributed by atoms with Gasteiger partial charge in [-0.25, -0.2) is 4.98 Å². The lowest BCUT2D eigenvalue weighted by atomic mass is 9.87. The third-order valence-corrected chi connectivity index (χ3v) is 7.23. The number of esters is 1. The predicted molar refractivity (Wildman–Crippen MR) is 134 cm³/mol. The Kier molecular flexibility index (Phi) is 6.21. The fraction of sp³-hybridized carbons (Fsp3) is 0.259. The van der Waals surface area contributed by atoms with Gasteiger partial charge in [0.05, 0.1) is 17.7 Å². The number of ether oxygens (including phenoxy) is 1. The van der Waals surface area contributed by atoms with E-state index in [1.807, 2.05) is 67.8 Å². The van der Waals surface area contributed by atoms with Crippen LogP contribution in [0.25, 0.3) is 5.65 Å². The van der Waals surface area contributed by atoms with Gasteiger partial charge in [-0.2, -0.15) is 0 Å². The van der Waals surface area contributed by atoms with Gasteiger partial charge >= 0.3 is 5.97 Å². The molecule has 8 heteroatoms. The number of anilines is 1. The number of rotatable bonds is 5. The number of amides is 1. The van der Waals surface area contributed by atoms with E-state index in [1.165, 1.54) is 21.8 Å². The number of pyridine rings is 1. The van der Waals surface area contributed by atoms with Crippen LogP contribution < -0.4 is 10.5 Å². The van der Waals surface area contributed by atoms with E-state index in [4.69, 9.17) is 4.74 Å². The molecule has 7 nitrogen and oxygen atoms in total. The molecule has 2 unspecified atom stereocenters. The van der Waals surface area contributed by atoms with Crippen LogP contribution in [0.15, 0.2) is 71.0 Å². The fourth-order valence-electron chi connectivity index (χ4n) is 4.51. The van der Waals surface area contributed by atoms with Crippen molar-refractivity contribution in [3.8, 4) is 0 Å². The van der Waals surface area contributed by atoms with Crippen molar-refractivity contribution in [2.24, 2.45) is 5.92 Å². The molecule has 0 saturated carbocycles. The molecule has 4 aromatic rings. The summed E-state index contributed by atoms with van der Waals surface area (Å²) >= 11 is 1.52. The highest BCUT2D eigenvalue weighted by molar-refractivity contribution is 7.10. The summed E-state index contributed by atoms with van der Waals surface area (Å²) in [4.78, 5) is 46.0. The summed E-state index contributed by atoms with van der Waals surface area (Å²) in [5, 5.41) is 1.94. The Balaban J connectivity index is 1.42. The molecule has 0 spiro atoms. The van der Waals surface area contributed by atoms with E-state index in [0.717, 1.165) is 21.7 Å². The lowest BCUT2D eigenvalue weighted by Crippen LogP contribution is -2.45. The number of thiophene rings is 1. The molecule has 5 rings (SSSR count). The van der Waals surface area contributed by atoms with E-state index in [0.29, 0.717) is 17.8 Å². The quantitative estimate of drug-likeness (QED) is 0.384. The second kappa shape index (κ2) is 9.46. The van der Waals surface area contributed by atoms with E-state index in [9.17, 15) is 14.4 Å². The molecule has 1 saturated heterocycles. The van der Waals surface area contributed by atoms with E-state index in [-0.39, 0.29) is 24.5 Å². The Bertz CT molecular complexity index is 1440. The molecule has 35 heavy (non-hydrogen) atoms. The average molecular weight is 488 g/mol. The van der Waals surface area contributed by atoms with Crippen molar-refractivity contribution in [1.82, 2.24) is 9.38 Å². The highest BCUT2D eigenvalue weighted by Gasteiger charge is 2.42. The minimum absolute atomic E-state index is 0.0177. The summed E-state index contributed by atoms with van der Waals surface area (Å²) in [6.45, 7) is 3.81. The molecule has 1 aliphatic rings. The number of nitrogens with zero attached hydrogens (tertiary/aromatic N) is 3. The maximum atomic E-state index is 13.4. The average Bonchev–Trinajstić information content (AvgIpc) is 3.37. The van der Waals surface area contributed by atoms with Crippen molar-refractivity contribution in [1.29, 1.82) is 0 Å². The van der Waals surface area contributed by atoms with Gasteiger partial charge < -0.3 is 9.64 Å². The Morgan fingerprint density at radius 2 is 1.89 bits per heavy atom. The molecule has 0 radical (unpaired) electrons. The highest BCUT2D eigenvalue weighted by Crippen LogP contribution is 2.42. The maximum Gasteiger partial charge on any atom is 0.311 e. The maximum absolute atomic E-state index is 13.4. The predicted octanol–water partition coefficient (Wildman–Crippen LogP) is 4.60. The molecule has 2 atom stereocenters. The highest BCUT2D eigenvalue weighted by atomic mass is 32.1. The number of fused-ring (bicyclic) bond motifs is 1. The van der Waals surface area contributed by atoms with Gasteiger partial charge in [0, 0.05) is 29.2 Å². The van der Waals surface area contributed by atoms with Gasteiger partial charge in [-0.3, -0.25) is 18.8 Å². The SMILES string of the molecule is Cc1ccc(N2C(=O)CCC(C(=O)OCc3cc(=O)n4ccc(C)cc4n3)C2c2cccs2)cc1. The number of aryl methyl sites for hydroxylation is 2. The lowest BCUT2D eigenvalue weighted by molar-refractivity contribution is -0.152. The normalized spacial score (nSPS) is 18.1. The largest absolute Gasteiger partial charge is 0.459 e. The number of piperidine rings is 1. The van der Waals surface area contributed by atoms with Crippen LogP contribution in [0.4, 0.5) is 5.69 Å². The van der Waals surface area contributed by atoms with Crippen molar-refractivity contribution in [3.63, 3.8) is 0 Å². The minimum Gasteiger partial charge on any atom is -0.459 e. The molecule has 0 bridgehead atoms. The first-order chi connectivity index (χ1) is 16.9. The van der Waals surface area contributed by atoms with Crippen LogP contribution in [-0.4, -0.2) is 21.3 Å². The van der Waals surface area contributed by atoms with Crippen LogP contribution in [0.3, 0.4) is 0 Å². The molecule has 0 N–H and O–H groups in total. The number of benzene rings is 1. The Morgan fingerprint density at radius 3 is 2.63 bits per heavy atom. The van der Waals surface area contributed by atoms with Gasteiger partial charge in [0.1, 0.15) is 12.3 Å². The van der Waals surface area contributed by atoms with E-state index < -0.39 is 17.9 Å². The minimum atomic E-state index is -0.531. The second-order valence-electron chi connectivity index (χ2n) is 8.83. The van der Waals surface area contributed by atoms with Gasteiger partial charge in [-0.1, -0.05) is 23.8 Å². The summed E-state index contributed by atoms with van der Waals surface area (Å²) in [5.74, 6) is -0.952. The molecule has 3 aromatic heterocycles. The van der Waals surface area contributed by atoms with Gasteiger partial charge in [0.15, 0.2) is 0 Å². The van der Waals surface area contributed by atoms with Crippen LogP contribution in [-0.2, 0) is 20.9 Å². The van der Waals surface area contributed by atoms with Crippen molar-refractivity contribution in [2.45, 2.75) is 39.3 Å². The van der Waals surface area contributed by atoms with Crippen molar-refractivity contribution < 1.29 is 14.3 Å². The number of hydrogen-bond donors (Lipinski definition) is 0. The van der Waals surface area contributed by atoms with Gasteiger partial charge in [0.2, 0.25) is 5.91 Å². The zero-order valence-corrected chi connectivity index (χ0v) is 20.3. The van der Waals surface area contributed by atoms with E-state index >= 15 is 0 Å². The topological polar surface area (TPSA) is 81.0 Å². The summed E-state index contributed by atoms with van der Waals surface area (Å²) < 4.78 is 7.14. The number of hydrogen-bond acceptors (Lipinski definition) is 6. The number of carbonyl (C=O) groups is 2. The Labute approximate surface area is 206 Å². The van der Waals surface area contributed by atoms with Crippen LogP contribution >= 0.6 is 11.3 Å². The van der Waals surface area contributed by atoms with Crippen LogP contribution in [0.1, 0.15) is 40.6 Å². The van der Waals surface area contributed by atoms with E-state index in [1.54, 1.807) is 11.1 Å². The molecule has 1 aromatic carbocycles. The molecule has 0 aliphatic carbocycles. The van der Waals surface area contributed by atoms with Crippen LogP contribution in [0.2, 0.25) is 0 Å². The van der Waals surface area contributed by atoms with Gasteiger partial charge in [-0.05, 0) is 61.5 Å². The van der Waals surface area contributed by atoms with Gasteiger partial charge in [0.25, 0.3) is 5.56 Å². The summed E-state index contributed by atoms with van der Waals surface area (Å²) in [6, 6.07) is 16.2. The zero-order chi connectivity index (χ0) is 24.5. The fourth-order valence-corrected chi connectivity index (χ4v) is 5.39. The third-order valence-electron chi connectivity index (χ3n) is 6.28. The first kappa shape index (κ1) is 23.0. The third kappa shape index (κ3) is 4.61. The smallest absolute Gasteiger partial charge is 0.311 e.